The highest BCUT2D eigenvalue weighted by Gasteiger charge is 2.29. The van der Waals surface area contributed by atoms with Crippen LogP contribution in [0.4, 0.5) is 0 Å². The van der Waals surface area contributed by atoms with Gasteiger partial charge in [0, 0.05) is 21.7 Å². The van der Waals surface area contributed by atoms with Crippen molar-refractivity contribution in [3.8, 4) is 22.8 Å². The third kappa shape index (κ3) is 3.80. The van der Waals surface area contributed by atoms with Crippen molar-refractivity contribution >= 4 is 50.4 Å². The van der Waals surface area contributed by atoms with E-state index >= 15 is 0 Å². The Labute approximate surface area is 202 Å². The van der Waals surface area contributed by atoms with E-state index in [1.54, 1.807) is 7.11 Å². The van der Waals surface area contributed by atoms with Crippen molar-refractivity contribution in [2.75, 3.05) is 7.11 Å². The number of carbonyl (C=O) groups excluding carboxylic acids is 1. The Morgan fingerprint density at radius 3 is 2.76 bits per heavy atom. The van der Waals surface area contributed by atoms with Crippen molar-refractivity contribution in [2.24, 2.45) is 11.7 Å². The van der Waals surface area contributed by atoms with Crippen LogP contribution in [-0.4, -0.2) is 27.7 Å². The van der Waals surface area contributed by atoms with Crippen LogP contribution in [0.5, 0.6) is 11.6 Å². The summed E-state index contributed by atoms with van der Waals surface area (Å²) in [6.45, 7) is 0.0541. The zero-order valence-corrected chi connectivity index (χ0v) is 20.0. The summed E-state index contributed by atoms with van der Waals surface area (Å²) in [7, 11) is 1.61. The van der Waals surface area contributed by atoms with Crippen LogP contribution in [0, 0.1) is 5.92 Å². The van der Waals surface area contributed by atoms with E-state index in [0.29, 0.717) is 30.0 Å². The van der Waals surface area contributed by atoms with Crippen LogP contribution >= 0.6 is 34.3 Å². The monoisotopic (exact) mass is 501 g/mol. The van der Waals surface area contributed by atoms with E-state index in [9.17, 15) is 14.7 Å². The SMILES string of the molecule is COc1ccc(-c2c(Cl)c(Cn3c(O)csc3=O)nc3sc4c(c23)CCC(C(N)=O)C4)cc1. The highest BCUT2D eigenvalue weighted by molar-refractivity contribution is 7.19. The Balaban J connectivity index is 1.74. The predicted octanol–water partition coefficient (Wildman–Crippen LogP) is 4.19. The summed E-state index contributed by atoms with van der Waals surface area (Å²) in [6, 6.07) is 7.62. The third-order valence-electron chi connectivity index (χ3n) is 6.06. The Hall–Kier alpha value is -2.88. The predicted molar refractivity (Wildman–Crippen MR) is 131 cm³/mol. The fraction of sp³-hybridized carbons (Fsp3) is 0.261. The number of fused-ring (bicyclic) bond motifs is 3. The maximum Gasteiger partial charge on any atom is 0.310 e. The van der Waals surface area contributed by atoms with E-state index in [1.807, 2.05) is 24.3 Å². The summed E-state index contributed by atoms with van der Waals surface area (Å²) in [5.74, 6) is 0.134. The lowest BCUT2D eigenvalue weighted by Gasteiger charge is -2.20. The molecule has 0 aliphatic heterocycles. The number of thiophene rings is 1. The van der Waals surface area contributed by atoms with Gasteiger partial charge in [-0.2, -0.15) is 0 Å². The van der Waals surface area contributed by atoms with Gasteiger partial charge in [-0.3, -0.25) is 14.2 Å². The molecule has 5 rings (SSSR count). The van der Waals surface area contributed by atoms with Crippen molar-refractivity contribution in [2.45, 2.75) is 25.8 Å². The molecule has 10 heteroatoms. The van der Waals surface area contributed by atoms with Gasteiger partial charge in [0.2, 0.25) is 11.8 Å². The van der Waals surface area contributed by atoms with Crippen LogP contribution < -0.4 is 15.3 Å². The number of nitrogens with two attached hydrogens (primary N) is 1. The molecule has 3 aromatic heterocycles. The summed E-state index contributed by atoms with van der Waals surface area (Å²) >= 11 is 9.39. The lowest BCUT2D eigenvalue weighted by Crippen LogP contribution is -2.27. The normalized spacial score (nSPS) is 15.5. The van der Waals surface area contributed by atoms with Gasteiger partial charge in [-0.05, 0) is 42.5 Å². The fourth-order valence-corrected chi connectivity index (χ4v) is 6.58. The molecule has 4 aromatic rings. The van der Waals surface area contributed by atoms with Crippen LogP contribution in [-0.2, 0) is 24.2 Å². The molecule has 1 amide bonds. The van der Waals surface area contributed by atoms with Gasteiger partial charge in [-0.15, -0.1) is 11.3 Å². The minimum atomic E-state index is -0.286. The second-order valence-electron chi connectivity index (χ2n) is 7.95. The summed E-state index contributed by atoms with van der Waals surface area (Å²) < 4.78 is 6.55. The Morgan fingerprint density at radius 1 is 1.36 bits per heavy atom. The largest absolute Gasteiger partial charge is 0.497 e. The quantitative estimate of drug-likeness (QED) is 0.426. The second kappa shape index (κ2) is 8.48. The number of aryl methyl sites for hydroxylation is 1. The van der Waals surface area contributed by atoms with Gasteiger partial charge < -0.3 is 15.6 Å². The molecule has 1 aromatic carbocycles. The number of ether oxygens (including phenoxy) is 1. The minimum absolute atomic E-state index is 0.0541. The average molecular weight is 502 g/mol. The van der Waals surface area contributed by atoms with Gasteiger partial charge in [-0.1, -0.05) is 35.1 Å². The van der Waals surface area contributed by atoms with E-state index in [4.69, 9.17) is 27.1 Å². The van der Waals surface area contributed by atoms with Gasteiger partial charge in [0.25, 0.3) is 0 Å². The van der Waals surface area contributed by atoms with E-state index in [0.717, 1.165) is 48.9 Å². The molecule has 0 bridgehead atoms. The summed E-state index contributed by atoms with van der Waals surface area (Å²) in [6.07, 6.45) is 1.99. The second-order valence-corrected chi connectivity index (χ2v) is 10.2. The summed E-state index contributed by atoms with van der Waals surface area (Å²) in [4.78, 5) is 30.4. The summed E-state index contributed by atoms with van der Waals surface area (Å²) in [5.41, 5.74) is 8.95. The van der Waals surface area contributed by atoms with Crippen LogP contribution in [0.2, 0.25) is 5.02 Å². The molecule has 1 aliphatic carbocycles. The molecule has 3 heterocycles. The smallest absolute Gasteiger partial charge is 0.310 e. The first-order valence-electron chi connectivity index (χ1n) is 10.3. The lowest BCUT2D eigenvalue weighted by atomic mass is 9.86. The first-order chi connectivity index (χ1) is 15.9. The van der Waals surface area contributed by atoms with E-state index in [-0.39, 0.29) is 29.1 Å². The number of hydrogen-bond donors (Lipinski definition) is 2. The van der Waals surface area contributed by atoms with Gasteiger partial charge in [-0.25, -0.2) is 4.98 Å². The molecule has 1 unspecified atom stereocenters. The van der Waals surface area contributed by atoms with Crippen LogP contribution in [0.3, 0.4) is 0 Å². The zero-order chi connectivity index (χ0) is 23.3. The topological polar surface area (TPSA) is 107 Å². The average Bonchev–Trinajstić information content (AvgIpc) is 3.33. The van der Waals surface area contributed by atoms with E-state index in [1.165, 1.54) is 21.3 Å². The molecule has 33 heavy (non-hydrogen) atoms. The maximum atomic E-state index is 12.2. The number of benzene rings is 1. The van der Waals surface area contributed by atoms with Crippen molar-refractivity contribution in [3.05, 3.63) is 60.5 Å². The highest BCUT2D eigenvalue weighted by atomic mass is 35.5. The van der Waals surface area contributed by atoms with Gasteiger partial charge >= 0.3 is 4.87 Å². The molecular formula is C23H20ClN3O4S2. The van der Waals surface area contributed by atoms with E-state index < -0.39 is 0 Å². The number of thiazole rings is 1. The maximum absolute atomic E-state index is 12.2. The molecule has 3 N–H and O–H groups in total. The van der Waals surface area contributed by atoms with Crippen LogP contribution in [0.25, 0.3) is 21.3 Å². The molecule has 170 valence electrons. The molecule has 1 atom stereocenters. The first kappa shape index (κ1) is 21.9. The number of hydrogen-bond acceptors (Lipinski definition) is 7. The Kier molecular flexibility index (Phi) is 5.64. The number of aromatic hydroxyl groups is 1. The van der Waals surface area contributed by atoms with Crippen molar-refractivity contribution < 1.29 is 14.6 Å². The van der Waals surface area contributed by atoms with Gasteiger partial charge in [0.1, 0.15) is 10.6 Å². The molecule has 0 saturated carbocycles. The number of rotatable bonds is 5. The van der Waals surface area contributed by atoms with Gasteiger partial charge in [0.15, 0.2) is 0 Å². The molecule has 7 nitrogen and oxygen atoms in total. The Bertz CT molecular complexity index is 1440. The summed E-state index contributed by atoms with van der Waals surface area (Å²) in [5, 5.41) is 12.9. The fourth-order valence-electron chi connectivity index (χ4n) is 4.33. The Morgan fingerprint density at radius 2 is 2.12 bits per heavy atom. The lowest BCUT2D eigenvalue weighted by molar-refractivity contribution is -0.122. The number of pyridine rings is 1. The van der Waals surface area contributed by atoms with Crippen molar-refractivity contribution in [1.82, 2.24) is 9.55 Å². The zero-order valence-electron chi connectivity index (χ0n) is 17.6. The third-order valence-corrected chi connectivity index (χ3v) is 8.36. The number of methoxy groups -OCH3 is 1. The number of carbonyl (C=O) groups is 1. The molecule has 0 radical (unpaired) electrons. The molecule has 0 spiro atoms. The molecule has 0 saturated heterocycles. The van der Waals surface area contributed by atoms with Crippen molar-refractivity contribution in [3.63, 3.8) is 0 Å². The van der Waals surface area contributed by atoms with E-state index in [2.05, 4.69) is 0 Å². The molecule has 0 fully saturated rings. The molecular weight excluding hydrogens is 482 g/mol. The van der Waals surface area contributed by atoms with Crippen molar-refractivity contribution in [1.29, 1.82) is 0 Å². The first-order valence-corrected chi connectivity index (χ1v) is 12.4. The number of halogens is 1. The number of amides is 1. The van der Waals surface area contributed by atoms with Crippen LogP contribution in [0.15, 0.2) is 34.4 Å². The number of primary amides is 1. The number of nitrogens with zero attached hydrogens (tertiary/aromatic N) is 2. The number of aromatic nitrogens is 2. The minimum Gasteiger partial charge on any atom is -0.497 e. The highest BCUT2D eigenvalue weighted by Crippen LogP contribution is 2.45. The molecule has 1 aliphatic rings. The van der Waals surface area contributed by atoms with Crippen LogP contribution in [0.1, 0.15) is 22.6 Å². The standard InChI is InChI=1S/C23H20ClN3O4S2/c1-31-13-5-2-11(3-6-13)18-19-14-7-4-12(21(25)29)8-16(14)33-22(19)26-15(20(18)24)9-27-17(28)10-32-23(27)30/h2-3,5-6,10,12,28H,4,7-9H2,1H3,(H2,25,29). The van der Waals surface area contributed by atoms with Gasteiger partial charge in [0.05, 0.1) is 29.8 Å².